The van der Waals surface area contributed by atoms with Gasteiger partial charge in [0.05, 0.1) is 0 Å². The second-order valence-corrected chi connectivity index (χ2v) is 60.7. The summed E-state index contributed by atoms with van der Waals surface area (Å²) < 4.78 is 6.24. The summed E-state index contributed by atoms with van der Waals surface area (Å²) in [6.07, 6.45) is -0.667. The zero-order valence-corrected chi connectivity index (χ0v) is 85.0. The zero-order chi connectivity index (χ0) is 80.7. The van der Waals surface area contributed by atoms with Gasteiger partial charge in [-0.05, 0) is 147 Å². The molecule has 0 saturated heterocycles. The summed E-state index contributed by atoms with van der Waals surface area (Å²) >= 11 is 0. The molecule has 104 heavy (non-hydrogen) atoms. The van der Waals surface area contributed by atoms with Crippen LogP contribution in [0.25, 0.3) is 0 Å². The van der Waals surface area contributed by atoms with E-state index in [9.17, 15) is 57.5 Å². The fourth-order valence-electron chi connectivity index (χ4n) is 10.8. The third-order valence-corrected chi connectivity index (χ3v) is 35.4. The minimum atomic E-state index is -4.42. The first-order chi connectivity index (χ1) is 44.4. The fourth-order valence-corrected chi connectivity index (χ4v) is 31.2. The summed E-state index contributed by atoms with van der Waals surface area (Å²) in [5.41, 5.74) is 11.7. The van der Waals surface area contributed by atoms with Crippen LogP contribution in [0, 0.1) is 0 Å². The Balaban J connectivity index is -0.000000181. The van der Waals surface area contributed by atoms with Gasteiger partial charge in [-0.1, -0.05) is 262 Å². The second-order valence-electron chi connectivity index (χ2n) is 33.2. The molecule has 0 atom stereocenters. The normalized spacial score (nSPS) is 12.0. The Hall–Kier alpha value is 0.0322. The van der Waals surface area contributed by atoms with Crippen LogP contribution in [0.5, 0.6) is 0 Å². The number of hydrogen-bond donors (Lipinski definition) is 16. The van der Waals surface area contributed by atoms with Crippen molar-refractivity contribution in [2.75, 3.05) is 16.9 Å². The summed E-state index contributed by atoms with van der Waals surface area (Å²) in [7, 11) is -26.4. The number of aliphatic hydroxyl groups excluding tert-OH is 4. The minimum absolute atomic E-state index is 0. The van der Waals surface area contributed by atoms with Crippen molar-refractivity contribution in [3.63, 3.8) is 0 Å². The van der Waals surface area contributed by atoms with Crippen LogP contribution < -0.4 is 16.9 Å². The van der Waals surface area contributed by atoms with Gasteiger partial charge in [-0.3, -0.25) is 0 Å². The summed E-state index contributed by atoms with van der Waals surface area (Å²) in [6.45, 7) is 71.3. The van der Waals surface area contributed by atoms with Gasteiger partial charge in [-0.2, -0.15) is 0 Å². The van der Waals surface area contributed by atoms with E-state index in [0.717, 1.165) is 67.3 Å². The van der Waals surface area contributed by atoms with Crippen molar-refractivity contribution in [2.45, 2.75) is 316 Å². The predicted molar refractivity (Wildman–Crippen MR) is 441 cm³/mol. The van der Waals surface area contributed by atoms with E-state index in [1.165, 1.54) is 0 Å². The molecule has 0 radical (unpaired) electrons. The third kappa shape index (κ3) is 45.1. The standard InChI is InChI=1S/4C15H29NO3Si2.4C3H8O.4Ti/c4*1-11(2)13-9-8-10-14(12(3)4)15(13)16(20(5,6)7)21(17,18)19;4*1-3(2)4;;;;/h4*8-12,17-19H,1-7H3;4*3-4H,1-2H3;;;;. The number of rotatable bonds is 20. The van der Waals surface area contributed by atoms with Gasteiger partial charge in [0.25, 0.3) is 0 Å². The molecule has 0 aliphatic rings. The van der Waals surface area contributed by atoms with Gasteiger partial charge < -0.3 is 94.9 Å². The fraction of sp³-hybridized carbons (Fsp3) is 0.667. The number of aliphatic hydroxyl groups is 4. The Bertz CT molecular complexity index is 2380. The van der Waals surface area contributed by atoms with Gasteiger partial charge in [-0.15, -0.1) is 0 Å². The maximum absolute atomic E-state index is 10.1. The molecule has 0 bridgehead atoms. The van der Waals surface area contributed by atoms with Gasteiger partial charge >= 0.3 is 35.9 Å². The summed E-state index contributed by atoms with van der Waals surface area (Å²) in [4.78, 5) is 121. The van der Waals surface area contributed by atoms with E-state index >= 15 is 0 Å². The molecule has 20 nitrogen and oxygen atoms in total. The first-order valence-electron chi connectivity index (χ1n) is 35.5. The average molecular weight is 1740 g/mol. The zero-order valence-electron chi connectivity index (χ0n) is 70.8. The van der Waals surface area contributed by atoms with Crippen molar-refractivity contribution in [1.82, 2.24) is 0 Å². The van der Waals surface area contributed by atoms with Crippen molar-refractivity contribution < 1.29 is 165 Å². The number of anilines is 4. The number of nitrogens with zero attached hydrogens (tertiary/aromatic N) is 4. The molecule has 0 aliphatic carbocycles. The van der Waals surface area contributed by atoms with E-state index in [2.05, 4.69) is 111 Å². The van der Waals surface area contributed by atoms with Crippen molar-refractivity contribution in [2.24, 2.45) is 0 Å². The molecule has 4 aromatic carbocycles. The molecule has 0 fully saturated rings. The predicted octanol–water partition coefficient (Wildman–Crippen LogP) is 13.5. The molecule has 32 heteroatoms. The Kier molecular flexibility index (Phi) is 59.5. The third-order valence-electron chi connectivity index (χ3n) is 14.1. The molecule has 600 valence electrons. The van der Waals surface area contributed by atoms with E-state index in [4.69, 9.17) is 20.4 Å². The maximum atomic E-state index is 10.1. The molecule has 0 heterocycles. The molecule has 0 spiro atoms. The van der Waals surface area contributed by atoms with Crippen LogP contribution >= 0.6 is 0 Å². The molecule has 0 amide bonds. The summed E-state index contributed by atoms with van der Waals surface area (Å²) in [5, 5.41) is 32.2. The van der Waals surface area contributed by atoms with E-state index in [1.54, 1.807) is 72.3 Å². The summed E-state index contributed by atoms with van der Waals surface area (Å²) in [5.74, 6) is 1.95. The first kappa shape index (κ1) is 120. The Morgan fingerprint density at radius 3 is 0.327 bits per heavy atom. The van der Waals surface area contributed by atoms with E-state index < -0.39 is 68.8 Å². The molecular weight excluding hydrogens is 1590 g/mol. The Morgan fingerprint density at radius 1 is 0.202 bits per heavy atom. The van der Waals surface area contributed by atoms with Gasteiger partial charge in [0.1, 0.15) is 32.9 Å². The van der Waals surface area contributed by atoms with Gasteiger partial charge in [0.15, 0.2) is 0 Å². The largest absolute Gasteiger partial charge is 0.616 e. The Morgan fingerprint density at radius 2 is 0.279 bits per heavy atom. The number of para-hydroxylation sites is 4. The molecule has 16 N–H and O–H groups in total. The first-order valence-corrected chi connectivity index (χ1v) is 56.5. The molecule has 0 saturated carbocycles. The van der Waals surface area contributed by atoms with E-state index in [-0.39, 0.29) is 159 Å². The van der Waals surface area contributed by atoms with Crippen LogP contribution in [0.2, 0.25) is 78.6 Å². The van der Waals surface area contributed by atoms with Crippen LogP contribution in [0.1, 0.15) is 258 Å². The SMILES string of the molecule is CC(C)O.CC(C)O.CC(C)O.CC(C)O.CC(C)c1cccc(C(C)C)c1N([Si](C)(C)C)[Si](O)(O)O.CC(C)c1cccc(C(C)C)c1N([Si](C)(C)C)[Si](O)(O)O.CC(C)c1cccc(C(C)C)c1N([Si](C)(C)C)[Si](O)(O)O.CC(C)c1cccc(C(C)C)c1N([Si](C)(C)C)[Si](O)(O)O.[Ti].[Ti].[Ti].[Ti]. The molecule has 0 unspecified atom stereocenters. The molecule has 4 aromatic rings. The molecule has 4 rings (SSSR count). The Labute approximate surface area is 700 Å². The molecule has 0 aliphatic heterocycles. The van der Waals surface area contributed by atoms with Crippen LogP contribution in [-0.4, -0.2) is 171 Å². The second kappa shape index (κ2) is 51.7. The van der Waals surface area contributed by atoms with E-state index in [1.807, 2.05) is 151 Å². The smallest absolute Gasteiger partial charge is 0.394 e. The maximum Gasteiger partial charge on any atom is 0.616 e. The number of hydrogen-bond acceptors (Lipinski definition) is 20. The van der Waals surface area contributed by atoms with Crippen LogP contribution in [0.15, 0.2) is 72.8 Å². The van der Waals surface area contributed by atoms with Crippen molar-refractivity contribution in [1.29, 1.82) is 0 Å². The minimum Gasteiger partial charge on any atom is -0.394 e. The number of benzene rings is 4. The van der Waals surface area contributed by atoms with Gasteiger partial charge in [0.2, 0.25) is 0 Å². The monoisotopic (exact) mass is 1740 g/mol. The molecular formula is C72H148N4O16Si8Ti4. The van der Waals surface area contributed by atoms with Crippen LogP contribution in [-0.2, 0) is 86.9 Å². The van der Waals surface area contributed by atoms with Gasteiger partial charge in [0, 0.05) is 134 Å². The van der Waals surface area contributed by atoms with E-state index in [0.29, 0.717) is 0 Å². The average Bonchev–Trinajstić information content (AvgIpc) is 0.789. The van der Waals surface area contributed by atoms with Crippen molar-refractivity contribution in [3.05, 3.63) is 117 Å². The quantitative estimate of drug-likeness (QED) is 0.0366. The van der Waals surface area contributed by atoms with Crippen molar-refractivity contribution >= 4 is 91.6 Å². The van der Waals surface area contributed by atoms with Gasteiger partial charge in [-0.25, -0.2) is 0 Å². The van der Waals surface area contributed by atoms with Crippen LogP contribution in [0.4, 0.5) is 22.7 Å². The van der Waals surface area contributed by atoms with Crippen molar-refractivity contribution in [3.8, 4) is 0 Å². The topological polar surface area (TPSA) is 337 Å². The van der Waals surface area contributed by atoms with Crippen LogP contribution in [0.3, 0.4) is 0 Å². The molecule has 0 aromatic heterocycles. The summed E-state index contributed by atoms with van der Waals surface area (Å²) in [6, 6.07) is 24.1.